The number of ether oxygens (including phenoxy) is 1. The predicted octanol–water partition coefficient (Wildman–Crippen LogP) is 0.249. The van der Waals surface area contributed by atoms with E-state index in [4.69, 9.17) is 10.5 Å². The van der Waals surface area contributed by atoms with Gasteiger partial charge >= 0.3 is 0 Å². The van der Waals surface area contributed by atoms with Gasteiger partial charge in [0, 0.05) is 25.1 Å². The number of aryl methyl sites for hydroxylation is 1. The lowest BCUT2D eigenvalue weighted by Gasteiger charge is -2.42. The van der Waals surface area contributed by atoms with Crippen LogP contribution in [0.2, 0.25) is 0 Å². The van der Waals surface area contributed by atoms with E-state index in [0.717, 1.165) is 6.42 Å². The van der Waals surface area contributed by atoms with Crippen molar-refractivity contribution in [1.29, 1.82) is 0 Å². The summed E-state index contributed by atoms with van der Waals surface area (Å²) in [4.78, 5) is 18.5. The van der Waals surface area contributed by atoms with Crippen LogP contribution in [0.5, 0.6) is 0 Å². The number of nitrogens with one attached hydrogen (secondary N) is 2. The molecule has 4 N–H and O–H groups in total. The molecule has 100 valence electrons. The zero-order chi connectivity index (χ0) is 13.1. The molecule has 0 amide bonds. The summed E-state index contributed by atoms with van der Waals surface area (Å²) in [6.45, 7) is 4.57. The average molecular weight is 252 g/mol. The molecule has 6 heteroatoms. The second-order valence-electron chi connectivity index (χ2n) is 4.49. The largest absolute Gasteiger partial charge is 0.376 e. The highest BCUT2D eigenvalue weighted by molar-refractivity contribution is 5.37. The predicted molar refractivity (Wildman–Crippen MR) is 69.7 cm³/mol. The second kappa shape index (κ2) is 5.49. The molecule has 2 rings (SSSR count). The molecule has 6 nitrogen and oxygen atoms in total. The van der Waals surface area contributed by atoms with Gasteiger partial charge in [0.15, 0.2) is 0 Å². The summed E-state index contributed by atoms with van der Waals surface area (Å²) in [6, 6.07) is 1.53. The highest BCUT2D eigenvalue weighted by Crippen LogP contribution is 2.25. The molecule has 0 radical (unpaired) electrons. The van der Waals surface area contributed by atoms with Crippen LogP contribution in [0.1, 0.15) is 26.1 Å². The molecule has 18 heavy (non-hydrogen) atoms. The lowest BCUT2D eigenvalue weighted by atomic mass is 9.83. The van der Waals surface area contributed by atoms with Gasteiger partial charge < -0.3 is 20.8 Å². The molecular formula is C12H20N4O2. The van der Waals surface area contributed by atoms with E-state index in [0.29, 0.717) is 24.7 Å². The number of anilines is 1. The molecule has 0 spiro atoms. The van der Waals surface area contributed by atoms with Crippen LogP contribution in [0.3, 0.4) is 0 Å². The Labute approximate surface area is 106 Å². The highest BCUT2D eigenvalue weighted by Gasteiger charge is 2.39. The monoisotopic (exact) mass is 252 g/mol. The Morgan fingerprint density at radius 2 is 2.39 bits per heavy atom. The van der Waals surface area contributed by atoms with Crippen molar-refractivity contribution in [3.63, 3.8) is 0 Å². The third-order valence-corrected chi connectivity index (χ3v) is 3.19. The molecule has 1 aliphatic rings. The molecule has 1 aromatic heterocycles. The van der Waals surface area contributed by atoms with Gasteiger partial charge in [0.1, 0.15) is 11.6 Å². The Bertz CT molecular complexity index is 458. The first-order valence-electron chi connectivity index (χ1n) is 6.38. The molecule has 3 unspecified atom stereocenters. The lowest BCUT2D eigenvalue weighted by molar-refractivity contribution is -0.0127. The van der Waals surface area contributed by atoms with Gasteiger partial charge in [0.25, 0.3) is 5.56 Å². The first-order chi connectivity index (χ1) is 8.63. The maximum absolute atomic E-state index is 11.4. The van der Waals surface area contributed by atoms with E-state index in [1.54, 1.807) is 0 Å². The van der Waals surface area contributed by atoms with E-state index in [-0.39, 0.29) is 23.7 Å². The minimum absolute atomic E-state index is 0.0314. The molecular weight excluding hydrogens is 232 g/mol. The van der Waals surface area contributed by atoms with Crippen LogP contribution in [0, 0.1) is 0 Å². The average Bonchev–Trinajstić information content (AvgIpc) is 2.35. The van der Waals surface area contributed by atoms with Crippen molar-refractivity contribution in [2.75, 3.05) is 11.9 Å². The smallest absolute Gasteiger partial charge is 0.252 e. The van der Waals surface area contributed by atoms with Crippen LogP contribution in [0.4, 0.5) is 5.82 Å². The number of nitrogens with two attached hydrogens (primary N) is 1. The fourth-order valence-corrected chi connectivity index (χ4v) is 2.15. The molecule has 0 saturated heterocycles. The van der Waals surface area contributed by atoms with Crippen molar-refractivity contribution in [2.45, 2.75) is 44.9 Å². The fourth-order valence-electron chi connectivity index (χ4n) is 2.15. The quantitative estimate of drug-likeness (QED) is 0.698. The summed E-state index contributed by atoms with van der Waals surface area (Å²) in [5, 5.41) is 3.20. The Hall–Kier alpha value is -1.40. The topological polar surface area (TPSA) is 93.0 Å². The van der Waals surface area contributed by atoms with Crippen LogP contribution in [-0.2, 0) is 11.2 Å². The summed E-state index contributed by atoms with van der Waals surface area (Å²) in [7, 11) is 0. The maximum atomic E-state index is 11.4. The summed E-state index contributed by atoms with van der Waals surface area (Å²) in [5.74, 6) is 1.24. The van der Waals surface area contributed by atoms with Crippen LogP contribution in [0.15, 0.2) is 10.9 Å². The first-order valence-corrected chi connectivity index (χ1v) is 6.38. The molecule has 1 fully saturated rings. The van der Waals surface area contributed by atoms with E-state index in [2.05, 4.69) is 15.3 Å². The highest BCUT2D eigenvalue weighted by atomic mass is 16.5. The van der Waals surface area contributed by atoms with E-state index in [1.807, 2.05) is 13.8 Å². The number of aromatic nitrogens is 2. The third-order valence-electron chi connectivity index (χ3n) is 3.19. The SMILES string of the molecule is CCOC1CC(N)C1Nc1cc(=O)[nH]c(CC)n1. The molecule has 0 aromatic carbocycles. The van der Waals surface area contributed by atoms with Crippen molar-refractivity contribution < 1.29 is 4.74 Å². The zero-order valence-corrected chi connectivity index (χ0v) is 10.8. The number of rotatable bonds is 5. The van der Waals surface area contributed by atoms with Crippen LogP contribution in [-0.4, -0.2) is 34.8 Å². The van der Waals surface area contributed by atoms with Crippen molar-refractivity contribution in [2.24, 2.45) is 5.73 Å². The van der Waals surface area contributed by atoms with Gasteiger partial charge in [-0.2, -0.15) is 0 Å². The Balaban J connectivity index is 2.08. The summed E-state index contributed by atoms with van der Waals surface area (Å²) >= 11 is 0. The van der Waals surface area contributed by atoms with Crippen molar-refractivity contribution in [1.82, 2.24) is 9.97 Å². The molecule has 0 bridgehead atoms. The lowest BCUT2D eigenvalue weighted by Crippen LogP contribution is -2.60. The van der Waals surface area contributed by atoms with Crippen LogP contribution < -0.4 is 16.6 Å². The van der Waals surface area contributed by atoms with Crippen LogP contribution in [0.25, 0.3) is 0 Å². The second-order valence-corrected chi connectivity index (χ2v) is 4.49. The number of H-pyrrole nitrogens is 1. The third kappa shape index (κ3) is 2.70. The zero-order valence-electron chi connectivity index (χ0n) is 10.8. The van der Waals surface area contributed by atoms with E-state index >= 15 is 0 Å². The first kappa shape index (κ1) is 13.0. The molecule has 3 atom stereocenters. The molecule has 1 saturated carbocycles. The fraction of sp³-hybridized carbons (Fsp3) is 0.667. The molecule has 1 heterocycles. The minimum atomic E-state index is -0.148. The Morgan fingerprint density at radius 3 is 3.00 bits per heavy atom. The molecule has 1 aliphatic carbocycles. The van der Waals surface area contributed by atoms with Gasteiger partial charge in [0.05, 0.1) is 12.1 Å². The normalized spacial score (nSPS) is 26.7. The van der Waals surface area contributed by atoms with Crippen molar-refractivity contribution in [3.8, 4) is 0 Å². The van der Waals surface area contributed by atoms with Crippen molar-refractivity contribution in [3.05, 3.63) is 22.2 Å². The standard InChI is InChI=1S/C12H20N4O2/c1-3-9-14-10(6-11(17)15-9)16-12-7(13)5-8(12)18-4-2/h6-8,12H,3-5,13H2,1-2H3,(H2,14,15,16,17). The summed E-state index contributed by atoms with van der Waals surface area (Å²) < 4.78 is 5.56. The Kier molecular flexibility index (Phi) is 3.98. The number of hydrogen-bond donors (Lipinski definition) is 3. The number of nitrogens with zero attached hydrogens (tertiary/aromatic N) is 1. The van der Waals surface area contributed by atoms with E-state index < -0.39 is 0 Å². The van der Waals surface area contributed by atoms with Crippen molar-refractivity contribution >= 4 is 5.82 Å². The van der Waals surface area contributed by atoms with Gasteiger partial charge in [-0.3, -0.25) is 4.79 Å². The Morgan fingerprint density at radius 1 is 1.61 bits per heavy atom. The van der Waals surface area contributed by atoms with E-state index in [9.17, 15) is 4.79 Å². The summed E-state index contributed by atoms with van der Waals surface area (Å²) in [6.07, 6.45) is 1.64. The van der Waals surface area contributed by atoms with Crippen LogP contribution >= 0.6 is 0 Å². The number of hydrogen-bond acceptors (Lipinski definition) is 5. The van der Waals surface area contributed by atoms with Gasteiger partial charge in [-0.05, 0) is 13.3 Å². The number of aromatic amines is 1. The van der Waals surface area contributed by atoms with Gasteiger partial charge in [-0.25, -0.2) is 4.98 Å². The van der Waals surface area contributed by atoms with Gasteiger partial charge in [-0.1, -0.05) is 6.92 Å². The minimum Gasteiger partial charge on any atom is -0.376 e. The van der Waals surface area contributed by atoms with E-state index in [1.165, 1.54) is 6.07 Å². The van der Waals surface area contributed by atoms with Gasteiger partial charge in [-0.15, -0.1) is 0 Å². The van der Waals surface area contributed by atoms with Gasteiger partial charge in [0.2, 0.25) is 0 Å². The maximum Gasteiger partial charge on any atom is 0.252 e. The summed E-state index contributed by atoms with van der Waals surface area (Å²) in [5.41, 5.74) is 5.80. The molecule has 0 aliphatic heterocycles. The molecule has 1 aromatic rings.